The number of carbonyl (C=O) groups is 1. The van der Waals surface area contributed by atoms with Crippen LogP contribution in [-0.2, 0) is 13.1 Å². The average Bonchev–Trinajstić information content (AvgIpc) is 3.11. The Morgan fingerprint density at radius 2 is 2.00 bits per heavy atom. The van der Waals surface area contributed by atoms with Crippen LogP contribution in [0.1, 0.15) is 18.1 Å². The van der Waals surface area contributed by atoms with Crippen molar-refractivity contribution in [3.8, 4) is 17.2 Å². The van der Waals surface area contributed by atoms with E-state index >= 15 is 0 Å². The highest BCUT2D eigenvalue weighted by molar-refractivity contribution is 5.74. The van der Waals surface area contributed by atoms with E-state index in [1.54, 1.807) is 17.0 Å². The van der Waals surface area contributed by atoms with Crippen molar-refractivity contribution >= 4 is 6.03 Å². The molecular weight excluding hydrogens is 358 g/mol. The molecule has 2 aromatic rings. The van der Waals surface area contributed by atoms with E-state index in [2.05, 4.69) is 10.1 Å². The Balaban J connectivity index is 1.57. The highest BCUT2D eigenvalue weighted by Gasteiger charge is 2.16. The molecular formula is C19H20F2N2O4. The Labute approximate surface area is 155 Å². The number of ether oxygens (including phenoxy) is 3. The molecule has 1 aliphatic rings. The van der Waals surface area contributed by atoms with Crippen LogP contribution in [0.4, 0.5) is 13.6 Å². The fraction of sp³-hybridized carbons (Fsp3) is 0.316. The minimum Gasteiger partial charge on any atom is -0.454 e. The largest absolute Gasteiger partial charge is 0.454 e. The molecule has 0 fully saturated rings. The second-order valence-electron chi connectivity index (χ2n) is 5.89. The van der Waals surface area contributed by atoms with E-state index in [1.165, 1.54) is 12.1 Å². The number of urea groups is 1. The van der Waals surface area contributed by atoms with Crippen LogP contribution < -0.4 is 19.5 Å². The molecule has 0 atom stereocenters. The number of rotatable bonds is 7. The zero-order chi connectivity index (χ0) is 19.2. The highest BCUT2D eigenvalue weighted by Crippen LogP contribution is 2.32. The Kier molecular flexibility index (Phi) is 5.95. The molecule has 27 heavy (non-hydrogen) atoms. The number of benzene rings is 2. The summed E-state index contributed by atoms with van der Waals surface area (Å²) in [7, 11) is 0. The van der Waals surface area contributed by atoms with Gasteiger partial charge in [-0.1, -0.05) is 18.2 Å². The summed E-state index contributed by atoms with van der Waals surface area (Å²) in [6, 6.07) is 11.5. The molecule has 2 aromatic carbocycles. The van der Waals surface area contributed by atoms with E-state index in [4.69, 9.17) is 9.47 Å². The van der Waals surface area contributed by atoms with Gasteiger partial charge in [-0.15, -0.1) is 0 Å². The van der Waals surface area contributed by atoms with Crippen molar-refractivity contribution in [2.45, 2.75) is 26.6 Å². The summed E-state index contributed by atoms with van der Waals surface area (Å²) in [6.07, 6.45) is 0. The molecule has 2 amide bonds. The number of amides is 2. The number of carbonyl (C=O) groups excluding carboxylic acids is 1. The lowest BCUT2D eigenvalue weighted by Gasteiger charge is -2.22. The van der Waals surface area contributed by atoms with Crippen LogP contribution in [0.25, 0.3) is 0 Å². The van der Waals surface area contributed by atoms with Gasteiger partial charge in [-0.2, -0.15) is 8.78 Å². The van der Waals surface area contributed by atoms with Gasteiger partial charge in [-0.05, 0) is 42.3 Å². The summed E-state index contributed by atoms with van der Waals surface area (Å²) in [4.78, 5) is 14.1. The van der Waals surface area contributed by atoms with Crippen molar-refractivity contribution in [1.29, 1.82) is 0 Å². The maximum absolute atomic E-state index is 12.5. The highest BCUT2D eigenvalue weighted by atomic mass is 19.3. The second-order valence-corrected chi connectivity index (χ2v) is 5.89. The van der Waals surface area contributed by atoms with Crippen molar-refractivity contribution in [1.82, 2.24) is 10.2 Å². The normalized spacial score (nSPS) is 12.1. The maximum atomic E-state index is 12.5. The first-order chi connectivity index (χ1) is 13.0. The molecule has 3 rings (SSSR count). The summed E-state index contributed by atoms with van der Waals surface area (Å²) in [5.41, 5.74) is 1.59. The van der Waals surface area contributed by atoms with E-state index < -0.39 is 6.61 Å². The van der Waals surface area contributed by atoms with E-state index in [-0.39, 0.29) is 25.1 Å². The predicted molar refractivity (Wildman–Crippen MR) is 94.0 cm³/mol. The van der Waals surface area contributed by atoms with Crippen molar-refractivity contribution < 1.29 is 27.8 Å². The zero-order valence-electron chi connectivity index (χ0n) is 14.8. The monoisotopic (exact) mass is 378 g/mol. The van der Waals surface area contributed by atoms with Gasteiger partial charge in [-0.25, -0.2) is 4.79 Å². The third-order valence-electron chi connectivity index (χ3n) is 4.05. The molecule has 0 aromatic heterocycles. The van der Waals surface area contributed by atoms with E-state index in [0.29, 0.717) is 30.2 Å². The number of hydrogen-bond donors (Lipinski definition) is 1. The number of alkyl halides is 2. The van der Waals surface area contributed by atoms with Crippen LogP contribution in [0.2, 0.25) is 0 Å². The average molecular weight is 378 g/mol. The molecule has 0 saturated heterocycles. The molecule has 0 spiro atoms. The van der Waals surface area contributed by atoms with Gasteiger partial charge in [0.25, 0.3) is 0 Å². The number of fused-ring (bicyclic) bond motifs is 1. The second kappa shape index (κ2) is 8.57. The fourth-order valence-corrected chi connectivity index (χ4v) is 2.71. The Morgan fingerprint density at radius 1 is 1.19 bits per heavy atom. The van der Waals surface area contributed by atoms with Gasteiger partial charge < -0.3 is 24.4 Å². The first-order valence-corrected chi connectivity index (χ1v) is 8.50. The minimum atomic E-state index is -2.88. The van der Waals surface area contributed by atoms with Gasteiger partial charge in [-0.3, -0.25) is 0 Å². The van der Waals surface area contributed by atoms with Crippen LogP contribution in [0.5, 0.6) is 17.2 Å². The number of halogens is 2. The Bertz CT molecular complexity index is 801. The van der Waals surface area contributed by atoms with Gasteiger partial charge >= 0.3 is 12.6 Å². The zero-order valence-corrected chi connectivity index (χ0v) is 14.8. The van der Waals surface area contributed by atoms with Gasteiger partial charge in [0, 0.05) is 19.6 Å². The number of nitrogens with one attached hydrogen (secondary N) is 1. The van der Waals surface area contributed by atoms with E-state index in [9.17, 15) is 13.6 Å². The SMILES string of the molecule is CCN(Cc1ccc2c(c1)OCO2)C(=O)NCc1cccc(OC(F)F)c1. The molecule has 1 heterocycles. The first-order valence-electron chi connectivity index (χ1n) is 8.50. The van der Waals surface area contributed by atoms with Crippen molar-refractivity contribution in [2.75, 3.05) is 13.3 Å². The lowest BCUT2D eigenvalue weighted by Crippen LogP contribution is -2.39. The predicted octanol–water partition coefficient (Wildman–Crippen LogP) is 3.75. The molecule has 0 saturated carbocycles. The van der Waals surface area contributed by atoms with Crippen LogP contribution in [0.15, 0.2) is 42.5 Å². The molecule has 1 N–H and O–H groups in total. The lowest BCUT2D eigenvalue weighted by molar-refractivity contribution is -0.0498. The number of nitrogens with zero attached hydrogens (tertiary/aromatic N) is 1. The third-order valence-corrected chi connectivity index (χ3v) is 4.05. The molecule has 1 aliphatic heterocycles. The van der Waals surface area contributed by atoms with Gasteiger partial charge in [0.2, 0.25) is 6.79 Å². The van der Waals surface area contributed by atoms with Gasteiger partial charge in [0.05, 0.1) is 0 Å². The Morgan fingerprint density at radius 3 is 2.78 bits per heavy atom. The van der Waals surface area contributed by atoms with E-state index in [1.807, 2.05) is 25.1 Å². The van der Waals surface area contributed by atoms with Crippen molar-refractivity contribution in [3.05, 3.63) is 53.6 Å². The van der Waals surface area contributed by atoms with Gasteiger partial charge in [0.15, 0.2) is 11.5 Å². The smallest absolute Gasteiger partial charge is 0.387 e. The van der Waals surface area contributed by atoms with Gasteiger partial charge in [0.1, 0.15) is 5.75 Å². The summed E-state index contributed by atoms with van der Waals surface area (Å²) in [6.45, 7) is 0.320. The molecule has 0 radical (unpaired) electrons. The topological polar surface area (TPSA) is 60.0 Å². The maximum Gasteiger partial charge on any atom is 0.387 e. The van der Waals surface area contributed by atoms with Crippen molar-refractivity contribution in [3.63, 3.8) is 0 Å². The minimum absolute atomic E-state index is 0.0597. The summed E-state index contributed by atoms with van der Waals surface area (Å²) < 4.78 is 39.6. The fourth-order valence-electron chi connectivity index (χ4n) is 2.71. The summed E-state index contributed by atoms with van der Waals surface area (Å²) >= 11 is 0. The summed E-state index contributed by atoms with van der Waals surface area (Å²) in [5, 5.41) is 2.79. The summed E-state index contributed by atoms with van der Waals surface area (Å²) in [5.74, 6) is 1.42. The lowest BCUT2D eigenvalue weighted by atomic mass is 10.2. The van der Waals surface area contributed by atoms with Crippen LogP contribution in [0.3, 0.4) is 0 Å². The Hall–Kier alpha value is -3.03. The molecule has 0 unspecified atom stereocenters. The standard InChI is InChI=1S/C19H20F2N2O4/c1-2-23(11-14-6-7-16-17(9-14)26-12-25-16)19(24)22-10-13-4-3-5-15(8-13)27-18(20)21/h3-9,18H,2,10-12H2,1H3,(H,22,24). The van der Waals surface area contributed by atoms with Crippen molar-refractivity contribution in [2.24, 2.45) is 0 Å². The van der Waals surface area contributed by atoms with Crippen LogP contribution in [-0.4, -0.2) is 30.9 Å². The first kappa shape index (κ1) is 18.8. The quantitative estimate of drug-likeness (QED) is 0.797. The molecule has 8 heteroatoms. The molecule has 0 bridgehead atoms. The molecule has 0 aliphatic carbocycles. The third kappa shape index (κ3) is 4.99. The van der Waals surface area contributed by atoms with Crippen LogP contribution in [0, 0.1) is 0 Å². The molecule has 144 valence electrons. The van der Waals surface area contributed by atoms with Crippen LogP contribution >= 0.6 is 0 Å². The number of hydrogen-bond acceptors (Lipinski definition) is 4. The van der Waals surface area contributed by atoms with E-state index in [0.717, 1.165) is 5.56 Å². The molecule has 6 nitrogen and oxygen atoms in total.